The van der Waals surface area contributed by atoms with Crippen molar-refractivity contribution in [2.75, 3.05) is 51.8 Å². The summed E-state index contributed by atoms with van der Waals surface area (Å²) in [5.41, 5.74) is 0.398. The number of hydrogen-bond donors (Lipinski definition) is 0. The van der Waals surface area contributed by atoms with Crippen molar-refractivity contribution in [3.8, 4) is 5.75 Å². The minimum absolute atomic E-state index is 0.139. The number of methoxy groups -OCH3 is 1. The highest BCUT2D eigenvalue weighted by Crippen LogP contribution is 2.58. The second-order valence-corrected chi connectivity index (χ2v) is 9.65. The lowest BCUT2D eigenvalue weighted by atomic mass is 9.60. The van der Waals surface area contributed by atoms with Gasteiger partial charge in [0.15, 0.2) is 0 Å². The number of piperidine rings is 1. The number of anilines is 1. The fraction of sp³-hybridized carbons (Fsp3) is 0.520. The molecule has 3 fully saturated rings. The number of carbonyl (C=O) groups excluding carboxylic acids is 2. The van der Waals surface area contributed by atoms with Gasteiger partial charge in [0.25, 0.3) is 0 Å². The Bertz CT molecular complexity index is 1020. The summed E-state index contributed by atoms with van der Waals surface area (Å²) < 4.78 is 5.21. The molecule has 3 aliphatic rings. The van der Waals surface area contributed by atoms with Crippen LogP contribution in [0.15, 0.2) is 42.7 Å². The van der Waals surface area contributed by atoms with Crippen molar-refractivity contribution < 1.29 is 14.3 Å². The molecule has 4 heterocycles. The summed E-state index contributed by atoms with van der Waals surface area (Å²) in [6.45, 7) is 3.55. The van der Waals surface area contributed by atoms with Gasteiger partial charge in [0.05, 0.1) is 18.9 Å². The van der Waals surface area contributed by atoms with Crippen molar-refractivity contribution >= 4 is 17.8 Å². The topological polar surface area (TPSA) is 78.9 Å². The molecular formula is C25H31N5O3. The SMILES string of the molecule is COc1ccc(CC(=O)N2CCC3(CC2)CN(c2ncccn2)CC32CCN(C)C2=O)cc1. The smallest absolute Gasteiger partial charge is 0.231 e. The second kappa shape index (κ2) is 8.32. The molecule has 0 bridgehead atoms. The predicted octanol–water partition coefficient (Wildman–Crippen LogP) is 2.01. The molecule has 8 heteroatoms. The molecule has 0 N–H and O–H groups in total. The molecule has 3 aliphatic heterocycles. The van der Waals surface area contributed by atoms with Crippen LogP contribution in [-0.4, -0.2) is 78.5 Å². The predicted molar refractivity (Wildman–Crippen MR) is 124 cm³/mol. The van der Waals surface area contributed by atoms with E-state index in [0.29, 0.717) is 32.0 Å². The van der Waals surface area contributed by atoms with E-state index in [2.05, 4.69) is 14.9 Å². The first-order valence-electron chi connectivity index (χ1n) is 11.6. The Morgan fingerprint density at radius 1 is 1.03 bits per heavy atom. The third-order valence-electron chi connectivity index (χ3n) is 8.02. The zero-order chi connectivity index (χ0) is 23.1. The summed E-state index contributed by atoms with van der Waals surface area (Å²) >= 11 is 0. The van der Waals surface area contributed by atoms with Crippen LogP contribution in [0.2, 0.25) is 0 Å². The highest BCUT2D eigenvalue weighted by atomic mass is 16.5. The lowest BCUT2D eigenvalue weighted by molar-refractivity contribution is -0.143. The van der Waals surface area contributed by atoms with Crippen LogP contribution in [0.25, 0.3) is 0 Å². The Labute approximate surface area is 194 Å². The molecule has 0 aliphatic carbocycles. The largest absolute Gasteiger partial charge is 0.497 e. The number of ether oxygens (including phenoxy) is 1. The van der Waals surface area contributed by atoms with Gasteiger partial charge >= 0.3 is 0 Å². The Morgan fingerprint density at radius 2 is 1.73 bits per heavy atom. The Balaban J connectivity index is 1.32. The van der Waals surface area contributed by atoms with Crippen molar-refractivity contribution in [3.63, 3.8) is 0 Å². The number of carbonyl (C=O) groups is 2. The van der Waals surface area contributed by atoms with Crippen LogP contribution in [0.1, 0.15) is 24.8 Å². The Hall–Kier alpha value is -3.16. The molecule has 5 rings (SSSR count). The molecule has 2 aromatic rings. The quantitative estimate of drug-likeness (QED) is 0.711. The summed E-state index contributed by atoms with van der Waals surface area (Å²) in [6.07, 6.45) is 6.39. The van der Waals surface area contributed by atoms with Gasteiger partial charge in [-0.15, -0.1) is 0 Å². The average Bonchev–Trinajstić information content (AvgIpc) is 3.33. The maximum absolute atomic E-state index is 13.5. The van der Waals surface area contributed by atoms with Crippen LogP contribution < -0.4 is 9.64 Å². The molecule has 1 atom stereocenters. The van der Waals surface area contributed by atoms with E-state index in [4.69, 9.17) is 4.74 Å². The number of aromatic nitrogens is 2. The molecule has 2 amide bonds. The molecule has 3 saturated heterocycles. The van der Waals surface area contributed by atoms with Gasteiger partial charge in [-0.25, -0.2) is 9.97 Å². The zero-order valence-electron chi connectivity index (χ0n) is 19.4. The summed E-state index contributed by atoms with van der Waals surface area (Å²) in [6, 6.07) is 9.47. The van der Waals surface area contributed by atoms with Crippen LogP contribution in [0.3, 0.4) is 0 Å². The number of benzene rings is 1. The van der Waals surface area contributed by atoms with Gasteiger partial charge in [-0.2, -0.15) is 0 Å². The summed E-state index contributed by atoms with van der Waals surface area (Å²) in [7, 11) is 3.54. The lowest BCUT2D eigenvalue weighted by Crippen LogP contribution is -2.53. The van der Waals surface area contributed by atoms with E-state index in [-0.39, 0.29) is 17.2 Å². The van der Waals surface area contributed by atoms with Crippen molar-refractivity contribution in [2.45, 2.75) is 25.7 Å². The van der Waals surface area contributed by atoms with Gasteiger partial charge in [0, 0.05) is 57.6 Å². The Kier molecular flexibility index (Phi) is 5.46. The second-order valence-electron chi connectivity index (χ2n) is 9.65. The van der Waals surface area contributed by atoms with E-state index >= 15 is 0 Å². The molecule has 0 saturated carbocycles. The van der Waals surface area contributed by atoms with E-state index in [1.165, 1.54) is 0 Å². The zero-order valence-corrected chi connectivity index (χ0v) is 19.4. The first-order valence-corrected chi connectivity index (χ1v) is 11.6. The van der Waals surface area contributed by atoms with Gasteiger partial charge in [-0.3, -0.25) is 9.59 Å². The van der Waals surface area contributed by atoms with Crippen molar-refractivity contribution in [3.05, 3.63) is 48.3 Å². The van der Waals surface area contributed by atoms with Gasteiger partial charge in [0.2, 0.25) is 17.8 Å². The number of likely N-dealkylation sites (tertiary alicyclic amines) is 2. The molecule has 0 radical (unpaired) electrons. The number of nitrogens with zero attached hydrogens (tertiary/aromatic N) is 5. The third kappa shape index (κ3) is 3.61. The first-order chi connectivity index (χ1) is 16.0. The lowest BCUT2D eigenvalue weighted by Gasteiger charge is -2.46. The maximum Gasteiger partial charge on any atom is 0.231 e. The normalized spacial score (nSPS) is 24.2. The van der Waals surface area contributed by atoms with Crippen LogP contribution in [0.4, 0.5) is 5.95 Å². The fourth-order valence-corrected chi connectivity index (χ4v) is 6.08. The number of fused-ring (bicyclic) bond motifs is 1. The van der Waals surface area contributed by atoms with Crippen LogP contribution >= 0.6 is 0 Å². The van der Waals surface area contributed by atoms with Crippen LogP contribution in [0.5, 0.6) is 5.75 Å². The molecule has 1 unspecified atom stereocenters. The van der Waals surface area contributed by atoms with E-state index in [1.807, 2.05) is 47.2 Å². The molecule has 1 aromatic carbocycles. The standard InChI is InChI=1S/C25H31N5O3/c1-28-13-10-25(22(28)32)18-30(23-26-11-3-12-27-23)17-24(25)8-14-29(15-9-24)21(31)16-19-4-6-20(33-2)7-5-19/h3-7,11-12H,8-10,13-18H2,1-2H3. The molecule has 2 spiro atoms. The highest BCUT2D eigenvalue weighted by Gasteiger charge is 2.65. The minimum atomic E-state index is -0.425. The summed E-state index contributed by atoms with van der Waals surface area (Å²) in [5.74, 6) is 1.85. The molecule has 174 valence electrons. The number of amides is 2. The highest BCUT2D eigenvalue weighted by molar-refractivity contribution is 5.87. The average molecular weight is 450 g/mol. The van der Waals surface area contributed by atoms with Crippen molar-refractivity contribution in [1.29, 1.82) is 0 Å². The fourth-order valence-electron chi connectivity index (χ4n) is 6.08. The van der Waals surface area contributed by atoms with Gasteiger partial charge in [-0.1, -0.05) is 12.1 Å². The van der Waals surface area contributed by atoms with Gasteiger partial charge in [0.1, 0.15) is 5.75 Å². The van der Waals surface area contributed by atoms with Crippen molar-refractivity contribution in [1.82, 2.24) is 19.8 Å². The van der Waals surface area contributed by atoms with Crippen LogP contribution in [0, 0.1) is 10.8 Å². The Morgan fingerprint density at radius 3 is 2.33 bits per heavy atom. The molecule has 8 nitrogen and oxygen atoms in total. The van der Waals surface area contributed by atoms with Gasteiger partial charge in [-0.05, 0) is 43.0 Å². The van der Waals surface area contributed by atoms with E-state index in [9.17, 15) is 9.59 Å². The van der Waals surface area contributed by atoms with E-state index in [1.54, 1.807) is 19.5 Å². The molecular weight excluding hydrogens is 418 g/mol. The molecule has 1 aromatic heterocycles. The summed E-state index contributed by atoms with van der Waals surface area (Å²) in [5, 5.41) is 0. The first kappa shape index (κ1) is 21.7. The van der Waals surface area contributed by atoms with E-state index < -0.39 is 5.41 Å². The van der Waals surface area contributed by atoms with Crippen molar-refractivity contribution in [2.24, 2.45) is 10.8 Å². The maximum atomic E-state index is 13.5. The van der Waals surface area contributed by atoms with Gasteiger partial charge < -0.3 is 19.4 Å². The number of hydrogen-bond acceptors (Lipinski definition) is 6. The minimum Gasteiger partial charge on any atom is -0.497 e. The number of rotatable bonds is 4. The monoisotopic (exact) mass is 449 g/mol. The van der Waals surface area contributed by atoms with E-state index in [0.717, 1.165) is 43.7 Å². The van der Waals surface area contributed by atoms with Crippen LogP contribution in [-0.2, 0) is 16.0 Å². The molecule has 33 heavy (non-hydrogen) atoms. The third-order valence-corrected chi connectivity index (χ3v) is 8.02. The summed E-state index contributed by atoms with van der Waals surface area (Å²) in [4.78, 5) is 41.4.